The number of hydrogen-bond donors (Lipinski definition) is 2. The molecule has 1 aromatic carbocycles. The van der Waals surface area contributed by atoms with E-state index in [1.54, 1.807) is 44.2 Å². The Balaban J connectivity index is 2.98. The maximum absolute atomic E-state index is 12.1. The Hall–Kier alpha value is -1.36. The van der Waals surface area contributed by atoms with Crippen molar-refractivity contribution in [1.29, 1.82) is 0 Å². The third-order valence-electron chi connectivity index (χ3n) is 2.29. The lowest BCUT2D eigenvalue weighted by Crippen LogP contribution is -2.29. The standard InChI is InChI=1S/C12H18NO5P/c1-3-17-12(14)13-11(19(15,16)18-4-2)10-8-6-5-7-9-10/h5-9,11H,3-4H2,1-2H3,(H,13,14)(H,15,16). The van der Waals surface area contributed by atoms with Gasteiger partial charge < -0.3 is 19.5 Å². The van der Waals surface area contributed by atoms with Crippen LogP contribution < -0.4 is 5.32 Å². The van der Waals surface area contributed by atoms with Crippen molar-refractivity contribution in [1.82, 2.24) is 5.32 Å². The summed E-state index contributed by atoms with van der Waals surface area (Å²) in [6, 6.07) is 8.47. The molecule has 1 aromatic rings. The summed E-state index contributed by atoms with van der Waals surface area (Å²) >= 11 is 0. The molecule has 0 radical (unpaired) electrons. The maximum Gasteiger partial charge on any atom is 0.408 e. The van der Waals surface area contributed by atoms with Crippen LogP contribution in [-0.2, 0) is 13.8 Å². The molecular formula is C12H18NO5P. The third kappa shape index (κ3) is 4.67. The number of rotatable bonds is 6. The molecule has 2 N–H and O–H groups in total. The minimum absolute atomic E-state index is 0.0710. The molecule has 0 saturated heterocycles. The zero-order valence-electron chi connectivity index (χ0n) is 10.9. The summed E-state index contributed by atoms with van der Waals surface area (Å²) in [5.74, 6) is -1.15. The van der Waals surface area contributed by atoms with Gasteiger partial charge in [0.1, 0.15) is 0 Å². The van der Waals surface area contributed by atoms with Crippen LogP contribution in [0.2, 0.25) is 0 Å². The van der Waals surface area contributed by atoms with Gasteiger partial charge in [0, 0.05) is 0 Å². The van der Waals surface area contributed by atoms with Gasteiger partial charge in [-0.15, -0.1) is 0 Å². The highest BCUT2D eigenvalue weighted by Gasteiger charge is 2.35. The van der Waals surface area contributed by atoms with Gasteiger partial charge in [-0.1, -0.05) is 30.3 Å². The lowest BCUT2D eigenvalue weighted by Gasteiger charge is -2.23. The Morgan fingerprint density at radius 1 is 1.32 bits per heavy atom. The largest absolute Gasteiger partial charge is 0.450 e. The van der Waals surface area contributed by atoms with Gasteiger partial charge in [0.25, 0.3) is 0 Å². The molecule has 0 bridgehead atoms. The van der Waals surface area contributed by atoms with Gasteiger partial charge in [0.2, 0.25) is 0 Å². The Bertz CT molecular complexity index is 451. The van der Waals surface area contributed by atoms with E-state index in [1.165, 1.54) is 0 Å². The Labute approximate surface area is 112 Å². The van der Waals surface area contributed by atoms with Gasteiger partial charge in [-0.25, -0.2) is 4.79 Å². The highest BCUT2D eigenvalue weighted by atomic mass is 31.2. The molecule has 0 aliphatic heterocycles. The van der Waals surface area contributed by atoms with E-state index in [1.807, 2.05) is 0 Å². The van der Waals surface area contributed by atoms with E-state index >= 15 is 0 Å². The zero-order chi connectivity index (χ0) is 14.3. The van der Waals surface area contributed by atoms with E-state index in [0.717, 1.165) is 0 Å². The summed E-state index contributed by atoms with van der Waals surface area (Å²) in [7, 11) is -4.01. The summed E-state index contributed by atoms with van der Waals surface area (Å²) in [6.07, 6.45) is -0.759. The first-order valence-corrected chi connectivity index (χ1v) is 7.61. The molecular weight excluding hydrogens is 269 g/mol. The number of amides is 1. The van der Waals surface area contributed by atoms with Crippen molar-refractivity contribution >= 4 is 13.7 Å². The molecule has 6 nitrogen and oxygen atoms in total. The summed E-state index contributed by atoms with van der Waals surface area (Å²) in [4.78, 5) is 21.4. The fourth-order valence-corrected chi connectivity index (χ4v) is 2.87. The number of alkyl carbamates (subject to hydrolysis) is 1. The maximum atomic E-state index is 12.1. The average molecular weight is 287 g/mol. The highest BCUT2D eigenvalue weighted by Crippen LogP contribution is 2.54. The molecule has 19 heavy (non-hydrogen) atoms. The average Bonchev–Trinajstić information content (AvgIpc) is 2.37. The number of carbonyl (C=O) groups excluding carboxylic acids is 1. The van der Waals surface area contributed by atoms with Crippen LogP contribution in [0.5, 0.6) is 0 Å². The quantitative estimate of drug-likeness (QED) is 0.786. The fourth-order valence-electron chi connectivity index (χ4n) is 1.53. The van der Waals surface area contributed by atoms with Crippen LogP contribution in [0.1, 0.15) is 25.2 Å². The second kappa shape index (κ2) is 7.28. The molecule has 1 amide bonds. The van der Waals surface area contributed by atoms with Gasteiger partial charge >= 0.3 is 13.7 Å². The van der Waals surface area contributed by atoms with Crippen molar-refractivity contribution < 1.29 is 23.5 Å². The Morgan fingerprint density at radius 3 is 2.47 bits per heavy atom. The summed E-state index contributed by atoms with van der Waals surface area (Å²) in [6.45, 7) is 3.51. The van der Waals surface area contributed by atoms with Gasteiger partial charge in [0.15, 0.2) is 5.78 Å². The lowest BCUT2D eigenvalue weighted by atomic mass is 10.2. The predicted octanol–water partition coefficient (Wildman–Crippen LogP) is 2.65. The summed E-state index contributed by atoms with van der Waals surface area (Å²) in [5.41, 5.74) is 0.481. The second-order valence-electron chi connectivity index (χ2n) is 3.66. The van der Waals surface area contributed by atoms with Crippen LogP contribution in [0, 0.1) is 0 Å². The van der Waals surface area contributed by atoms with Crippen LogP contribution in [0.15, 0.2) is 30.3 Å². The van der Waals surface area contributed by atoms with Gasteiger partial charge in [-0.3, -0.25) is 4.57 Å². The molecule has 0 spiro atoms. The molecule has 0 heterocycles. The van der Waals surface area contributed by atoms with Crippen molar-refractivity contribution in [3.8, 4) is 0 Å². The summed E-state index contributed by atoms with van der Waals surface area (Å²) < 4.78 is 21.7. The van der Waals surface area contributed by atoms with Gasteiger partial charge in [-0.05, 0) is 19.4 Å². The second-order valence-corrected chi connectivity index (χ2v) is 5.56. The smallest absolute Gasteiger partial charge is 0.408 e. The first-order valence-electron chi connectivity index (χ1n) is 5.96. The van der Waals surface area contributed by atoms with Crippen LogP contribution in [0.25, 0.3) is 0 Å². The fraction of sp³-hybridized carbons (Fsp3) is 0.417. The van der Waals surface area contributed by atoms with E-state index in [0.29, 0.717) is 5.56 Å². The first-order chi connectivity index (χ1) is 9.01. The number of carbonyl (C=O) groups is 1. The zero-order valence-corrected chi connectivity index (χ0v) is 11.8. The minimum Gasteiger partial charge on any atom is -0.450 e. The van der Waals surface area contributed by atoms with E-state index in [2.05, 4.69) is 5.32 Å². The van der Waals surface area contributed by atoms with Crippen molar-refractivity contribution in [2.45, 2.75) is 19.6 Å². The molecule has 7 heteroatoms. The molecule has 0 fully saturated rings. The molecule has 1 rings (SSSR count). The van der Waals surface area contributed by atoms with Crippen molar-refractivity contribution in [2.24, 2.45) is 0 Å². The van der Waals surface area contributed by atoms with Crippen molar-refractivity contribution in [3.63, 3.8) is 0 Å². The predicted molar refractivity (Wildman–Crippen MR) is 70.8 cm³/mol. The van der Waals surface area contributed by atoms with Crippen LogP contribution in [0.3, 0.4) is 0 Å². The molecule has 106 valence electrons. The number of nitrogens with one attached hydrogen (secondary N) is 1. The molecule has 2 unspecified atom stereocenters. The molecule has 0 aromatic heterocycles. The Kier molecular flexibility index (Phi) is 6.02. The third-order valence-corrected chi connectivity index (χ3v) is 3.99. The first kappa shape index (κ1) is 15.7. The van der Waals surface area contributed by atoms with Crippen molar-refractivity contribution in [2.75, 3.05) is 13.2 Å². The van der Waals surface area contributed by atoms with E-state index < -0.39 is 19.5 Å². The SMILES string of the molecule is CCOC(=O)NC(c1ccccc1)P(=O)(O)OCC. The van der Waals surface area contributed by atoms with Crippen LogP contribution >= 0.6 is 7.60 Å². The normalized spacial score (nSPS) is 15.3. The van der Waals surface area contributed by atoms with E-state index in [4.69, 9.17) is 9.26 Å². The monoisotopic (exact) mass is 287 g/mol. The number of benzene rings is 1. The van der Waals surface area contributed by atoms with Crippen LogP contribution in [0.4, 0.5) is 4.79 Å². The highest BCUT2D eigenvalue weighted by molar-refractivity contribution is 7.53. The molecule has 0 aliphatic rings. The van der Waals surface area contributed by atoms with Gasteiger partial charge in [0.05, 0.1) is 13.2 Å². The van der Waals surface area contributed by atoms with E-state index in [-0.39, 0.29) is 13.2 Å². The molecule has 0 saturated carbocycles. The lowest BCUT2D eigenvalue weighted by molar-refractivity contribution is 0.148. The Morgan fingerprint density at radius 2 is 1.95 bits per heavy atom. The van der Waals surface area contributed by atoms with Gasteiger partial charge in [-0.2, -0.15) is 0 Å². The molecule has 2 atom stereocenters. The number of hydrogen-bond acceptors (Lipinski definition) is 4. The summed E-state index contributed by atoms with van der Waals surface area (Å²) in [5, 5.41) is 2.36. The molecule has 0 aliphatic carbocycles. The minimum atomic E-state index is -4.01. The topological polar surface area (TPSA) is 84.9 Å². The number of ether oxygens (including phenoxy) is 1. The van der Waals surface area contributed by atoms with Crippen molar-refractivity contribution in [3.05, 3.63) is 35.9 Å². The van der Waals surface area contributed by atoms with E-state index in [9.17, 15) is 14.3 Å². The van der Waals surface area contributed by atoms with Crippen LogP contribution in [-0.4, -0.2) is 24.2 Å².